The molecule has 0 radical (unpaired) electrons. The zero-order valence-corrected chi connectivity index (χ0v) is 13.1. The summed E-state index contributed by atoms with van der Waals surface area (Å²) in [5.74, 6) is -0.0996. The summed E-state index contributed by atoms with van der Waals surface area (Å²) < 4.78 is 5.82. The largest absolute Gasteiger partial charge is 0.370 e. The predicted molar refractivity (Wildman–Crippen MR) is 90.6 cm³/mol. The Kier molecular flexibility index (Phi) is 3.92. The molecule has 1 aliphatic heterocycles. The Morgan fingerprint density at radius 2 is 1.79 bits per heavy atom. The number of nitrogens with zero attached hydrogens (tertiary/aromatic N) is 3. The highest BCUT2D eigenvalue weighted by Crippen LogP contribution is 2.23. The van der Waals surface area contributed by atoms with Crippen LogP contribution in [0.2, 0.25) is 0 Å². The lowest BCUT2D eigenvalue weighted by Crippen LogP contribution is -2.42. The zero-order valence-electron chi connectivity index (χ0n) is 13.1. The molecule has 0 aliphatic carbocycles. The fourth-order valence-electron chi connectivity index (χ4n) is 2.93. The Labute approximate surface area is 139 Å². The van der Waals surface area contributed by atoms with Crippen LogP contribution in [0.1, 0.15) is 22.2 Å². The molecular formula is C19H17N3O2. The van der Waals surface area contributed by atoms with Crippen LogP contribution >= 0.6 is 0 Å². The monoisotopic (exact) mass is 319 g/mol. The zero-order chi connectivity index (χ0) is 16.4. The minimum Gasteiger partial charge on any atom is -0.370 e. The number of carbonyl (C=O) groups excluding carboxylic acids is 1. The second-order valence-electron chi connectivity index (χ2n) is 5.77. The van der Waals surface area contributed by atoms with E-state index in [2.05, 4.69) is 9.97 Å². The Hall–Kier alpha value is -2.79. The standard InChI is InChI=1S/C19H17N3O2/c23-19(17-12-20-15-8-4-5-9-16(15)21-17)22-10-11-24-18(13-22)14-6-2-1-3-7-14/h1-9,12,18H,10-11,13H2/t18-/m0/s1. The Morgan fingerprint density at radius 3 is 2.62 bits per heavy atom. The van der Waals surface area contributed by atoms with E-state index in [0.29, 0.717) is 25.4 Å². The van der Waals surface area contributed by atoms with Crippen molar-refractivity contribution in [1.29, 1.82) is 0 Å². The van der Waals surface area contributed by atoms with E-state index < -0.39 is 0 Å². The van der Waals surface area contributed by atoms with Gasteiger partial charge in [0.05, 0.1) is 30.4 Å². The van der Waals surface area contributed by atoms with Crippen molar-refractivity contribution in [3.05, 3.63) is 72.1 Å². The second kappa shape index (κ2) is 6.37. The van der Waals surface area contributed by atoms with Crippen molar-refractivity contribution >= 4 is 16.9 Å². The predicted octanol–water partition coefficient (Wildman–Crippen LogP) is 2.84. The fraction of sp³-hybridized carbons (Fsp3) is 0.211. The molecule has 0 saturated carbocycles. The quantitative estimate of drug-likeness (QED) is 0.729. The van der Waals surface area contributed by atoms with Crippen LogP contribution in [-0.2, 0) is 4.74 Å². The summed E-state index contributed by atoms with van der Waals surface area (Å²) in [5.41, 5.74) is 2.98. The first-order valence-electron chi connectivity index (χ1n) is 7.99. The molecule has 0 spiro atoms. The minimum atomic E-state index is -0.0997. The van der Waals surface area contributed by atoms with Crippen molar-refractivity contribution in [2.75, 3.05) is 19.7 Å². The Bertz CT molecular complexity index is 867. The summed E-state index contributed by atoms with van der Waals surface area (Å²) in [6, 6.07) is 17.5. The molecule has 2 aromatic carbocycles. The maximum atomic E-state index is 12.8. The third-order valence-corrected chi connectivity index (χ3v) is 4.19. The molecule has 1 fully saturated rings. The van der Waals surface area contributed by atoms with Crippen LogP contribution in [0.3, 0.4) is 0 Å². The first-order valence-corrected chi connectivity index (χ1v) is 7.99. The molecule has 1 aliphatic rings. The lowest BCUT2D eigenvalue weighted by atomic mass is 10.1. The van der Waals surface area contributed by atoms with Gasteiger partial charge in [-0.2, -0.15) is 0 Å². The van der Waals surface area contributed by atoms with Crippen molar-refractivity contribution < 1.29 is 9.53 Å². The van der Waals surface area contributed by atoms with Gasteiger partial charge < -0.3 is 9.64 Å². The van der Waals surface area contributed by atoms with E-state index in [1.54, 1.807) is 11.1 Å². The van der Waals surface area contributed by atoms with Crippen molar-refractivity contribution in [1.82, 2.24) is 14.9 Å². The summed E-state index contributed by atoms with van der Waals surface area (Å²) in [6.07, 6.45) is 1.45. The van der Waals surface area contributed by atoms with Gasteiger partial charge in [-0.15, -0.1) is 0 Å². The van der Waals surface area contributed by atoms with E-state index in [-0.39, 0.29) is 12.0 Å². The summed E-state index contributed by atoms with van der Waals surface area (Å²) in [6.45, 7) is 1.61. The molecule has 24 heavy (non-hydrogen) atoms. The van der Waals surface area contributed by atoms with E-state index in [9.17, 15) is 4.79 Å². The highest BCUT2D eigenvalue weighted by atomic mass is 16.5. The van der Waals surface area contributed by atoms with Gasteiger partial charge in [-0.25, -0.2) is 4.98 Å². The van der Waals surface area contributed by atoms with E-state index in [0.717, 1.165) is 16.6 Å². The lowest BCUT2D eigenvalue weighted by molar-refractivity contribution is -0.0230. The number of fused-ring (bicyclic) bond motifs is 1. The van der Waals surface area contributed by atoms with Crippen LogP contribution in [-0.4, -0.2) is 40.5 Å². The number of benzene rings is 2. The van der Waals surface area contributed by atoms with Gasteiger partial charge in [0.15, 0.2) is 0 Å². The molecule has 120 valence electrons. The van der Waals surface area contributed by atoms with Gasteiger partial charge in [0.1, 0.15) is 11.8 Å². The normalized spacial score (nSPS) is 17.8. The third kappa shape index (κ3) is 2.86. The van der Waals surface area contributed by atoms with Crippen LogP contribution in [0.4, 0.5) is 0 Å². The van der Waals surface area contributed by atoms with Gasteiger partial charge in [0, 0.05) is 6.54 Å². The van der Waals surface area contributed by atoms with Crippen LogP contribution in [0.5, 0.6) is 0 Å². The molecule has 1 saturated heterocycles. The summed E-state index contributed by atoms with van der Waals surface area (Å²) >= 11 is 0. The number of amides is 1. The molecule has 1 amide bonds. The van der Waals surface area contributed by atoms with Crippen LogP contribution in [0.25, 0.3) is 11.0 Å². The van der Waals surface area contributed by atoms with Gasteiger partial charge in [0.2, 0.25) is 0 Å². The Morgan fingerprint density at radius 1 is 1.04 bits per heavy atom. The van der Waals surface area contributed by atoms with E-state index >= 15 is 0 Å². The molecule has 0 unspecified atom stereocenters. The van der Waals surface area contributed by atoms with Gasteiger partial charge in [-0.3, -0.25) is 9.78 Å². The van der Waals surface area contributed by atoms with Gasteiger partial charge in [0.25, 0.3) is 5.91 Å². The molecule has 5 heteroatoms. The number of morpholine rings is 1. The van der Waals surface area contributed by atoms with E-state index in [1.165, 1.54) is 0 Å². The SMILES string of the molecule is O=C(c1cnc2ccccc2n1)N1CCO[C@H](c2ccccc2)C1. The number of hydrogen-bond donors (Lipinski definition) is 0. The van der Waals surface area contributed by atoms with E-state index in [4.69, 9.17) is 4.74 Å². The highest BCUT2D eigenvalue weighted by molar-refractivity contribution is 5.93. The topological polar surface area (TPSA) is 55.3 Å². The average molecular weight is 319 g/mol. The molecule has 0 N–H and O–H groups in total. The number of para-hydroxylation sites is 2. The molecule has 1 atom stereocenters. The number of aromatic nitrogens is 2. The number of rotatable bonds is 2. The van der Waals surface area contributed by atoms with Crippen molar-refractivity contribution in [2.45, 2.75) is 6.10 Å². The first-order chi connectivity index (χ1) is 11.8. The van der Waals surface area contributed by atoms with Crippen molar-refractivity contribution in [2.24, 2.45) is 0 Å². The number of ether oxygens (including phenoxy) is 1. The average Bonchev–Trinajstić information content (AvgIpc) is 2.68. The summed E-state index contributed by atoms with van der Waals surface area (Å²) in [7, 11) is 0. The lowest BCUT2D eigenvalue weighted by Gasteiger charge is -2.33. The molecule has 5 nitrogen and oxygen atoms in total. The molecular weight excluding hydrogens is 302 g/mol. The second-order valence-corrected chi connectivity index (χ2v) is 5.77. The maximum absolute atomic E-state index is 12.8. The van der Waals surface area contributed by atoms with Gasteiger partial charge in [-0.05, 0) is 17.7 Å². The first kappa shape index (κ1) is 14.8. The van der Waals surface area contributed by atoms with Crippen LogP contribution in [0, 0.1) is 0 Å². The third-order valence-electron chi connectivity index (χ3n) is 4.19. The molecule has 1 aromatic heterocycles. The van der Waals surface area contributed by atoms with Crippen LogP contribution in [0.15, 0.2) is 60.8 Å². The van der Waals surface area contributed by atoms with E-state index in [1.807, 2.05) is 54.6 Å². The fourth-order valence-corrected chi connectivity index (χ4v) is 2.93. The molecule has 2 heterocycles. The molecule has 0 bridgehead atoms. The van der Waals surface area contributed by atoms with Gasteiger partial charge >= 0.3 is 0 Å². The smallest absolute Gasteiger partial charge is 0.274 e. The van der Waals surface area contributed by atoms with Crippen molar-refractivity contribution in [3.63, 3.8) is 0 Å². The van der Waals surface area contributed by atoms with Gasteiger partial charge in [-0.1, -0.05) is 42.5 Å². The van der Waals surface area contributed by atoms with Crippen molar-refractivity contribution in [3.8, 4) is 0 Å². The summed E-state index contributed by atoms with van der Waals surface area (Å²) in [4.78, 5) is 23.4. The summed E-state index contributed by atoms with van der Waals surface area (Å²) in [5, 5.41) is 0. The Balaban J connectivity index is 1.56. The number of carbonyl (C=O) groups is 1. The molecule has 3 aromatic rings. The highest BCUT2D eigenvalue weighted by Gasteiger charge is 2.27. The van der Waals surface area contributed by atoms with Crippen LogP contribution < -0.4 is 0 Å². The molecule has 4 rings (SSSR count). The number of hydrogen-bond acceptors (Lipinski definition) is 4. The minimum absolute atomic E-state index is 0.0996. The maximum Gasteiger partial charge on any atom is 0.274 e.